The zero-order valence-corrected chi connectivity index (χ0v) is 45.0. The monoisotopic (exact) mass is 959 g/mol. The van der Waals surface area contributed by atoms with Gasteiger partial charge in [-0.25, -0.2) is 0 Å². The van der Waals surface area contributed by atoms with E-state index in [-0.39, 0.29) is 37.5 Å². The summed E-state index contributed by atoms with van der Waals surface area (Å²) in [6.07, 6.45) is 75.5. The van der Waals surface area contributed by atoms with Crippen molar-refractivity contribution in [1.82, 2.24) is 0 Å². The Morgan fingerprint density at radius 3 is 1.07 bits per heavy atom. The second-order valence-corrected chi connectivity index (χ2v) is 18.9. The maximum atomic E-state index is 12.8. The molecule has 0 bridgehead atoms. The van der Waals surface area contributed by atoms with E-state index in [9.17, 15) is 14.4 Å². The van der Waals surface area contributed by atoms with Gasteiger partial charge in [-0.1, -0.05) is 272 Å². The minimum atomic E-state index is -0.821. The van der Waals surface area contributed by atoms with Crippen LogP contribution in [0.15, 0.2) is 97.2 Å². The molecule has 0 aromatic heterocycles. The SMILES string of the molecule is CC\C=C/C=C\C=C/C=C\C=C/CCCCCC(=O)OCC(COC(=O)CCCCCCCCCCCCCCCCCCCCC)OC(=O)CCC/C=C\C/C=C\C/C=C\CCCCCCCC. The van der Waals surface area contributed by atoms with E-state index in [1.54, 1.807) is 0 Å². The molecule has 0 amide bonds. The van der Waals surface area contributed by atoms with Gasteiger partial charge in [0.2, 0.25) is 0 Å². The molecule has 1 atom stereocenters. The van der Waals surface area contributed by atoms with E-state index in [2.05, 4.69) is 69.4 Å². The van der Waals surface area contributed by atoms with E-state index >= 15 is 0 Å². The first-order chi connectivity index (χ1) is 34.0. The molecule has 0 heterocycles. The van der Waals surface area contributed by atoms with E-state index in [0.717, 1.165) is 70.6 Å². The van der Waals surface area contributed by atoms with Gasteiger partial charge in [0.25, 0.3) is 0 Å². The molecule has 0 aromatic carbocycles. The molecule has 0 rings (SSSR count). The van der Waals surface area contributed by atoms with Crippen LogP contribution < -0.4 is 0 Å². The number of rotatable bonds is 51. The summed E-state index contributed by atoms with van der Waals surface area (Å²) in [5.41, 5.74) is 0. The number of hydrogen-bond donors (Lipinski definition) is 0. The zero-order valence-electron chi connectivity index (χ0n) is 45.0. The lowest BCUT2D eigenvalue weighted by Crippen LogP contribution is -2.30. The highest BCUT2D eigenvalue weighted by atomic mass is 16.6. The molecule has 0 saturated heterocycles. The smallest absolute Gasteiger partial charge is 0.306 e. The highest BCUT2D eigenvalue weighted by Crippen LogP contribution is 2.16. The van der Waals surface area contributed by atoms with Crippen molar-refractivity contribution in [2.75, 3.05) is 13.2 Å². The molecule has 0 radical (unpaired) electrons. The van der Waals surface area contributed by atoms with Crippen molar-refractivity contribution in [1.29, 1.82) is 0 Å². The van der Waals surface area contributed by atoms with Crippen molar-refractivity contribution in [2.24, 2.45) is 0 Å². The van der Waals surface area contributed by atoms with Gasteiger partial charge in [-0.3, -0.25) is 14.4 Å². The molecule has 0 N–H and O–H groups in total. The van der Waals surface area contributed by atoms with Gasteiger partial charge in [0.05, 0.1) is 0 Å². The molecule has 0 aliphatic heterocycles. The average Bonchev–Trinajstić information content (AvgIpc) is 3.35. The van der Waals surface area contributed by atoms with Crippen molar-refractivity contribution in [3.8, 4) is 0 Å². The Morgan fingerprint density at radius 1 is 0.319 bits per heavy atom. The highest BCUT2D eigenvalue weighted by Gasteiger charge is 2.19. The molecule has 394 valence electrons. The third-order valence-electron chi connectivity index (χ3n) is 12.2. The molecule has 0 aliphatic rings. The number of allylic oxidation sites excluding steroid dienone is 16. The molecular formula is C63H106O6. The second-order valence-electron chi connectivity index (χ2n) is 18.9. The number of unbranched alkanes of at least 4 members (excludes halogenated alkanes) is 28. The summed E-state index contributed by atoms with van der Waals surface area (Å²) >= 11 is 0. The van der Waals surface area contributed by atoms with Gasteiger partial charge in [0.15, 0.2) is 6.10 Å². The lowest BCUT2D eigenvalue weighted by Gasteiger charge is -2.18. The minimum Gasteiger partial charge on any atom is -0.462 e. The predicted octanol–water partition coefficient (Wildman–Crippen LogP) is 19.3. The summed E-state index contributed by atoms with van der Waals surface area (Å²) in [5.74, 6) is -1.00. The van der Waals surface area contributed by atoms with Gasteiger partial charge in [-0.15, -0.1) is 0 Å². The van der Waals surface area contributed by atoms with Crippen LogP contribution in [0.25, 0.3) is 0 Å². The highest BCUT2D eigenvalue weighted by molar-refractivity contribution is 5.71. The van der Waals surface area contributed by atoms with Gasteiger partial charge in [0, 0.05) is 19.3 Å². The lowest BCUT2D eigenvalue weighted by molar-refractivity contribution is -0.167. The first-order valence-electron chi connectivity index (χ1n) is 28.8. The molecule has 6 heteroatoms. The van der Waals surface area contributed by atoms with Crippen LogP contribution in [0, 0.1) is 0 Å². The first-order valence-corrected chi connectivity index (χ1v) is 28.8. The molecule has 0 aromatic rings. The number of esters is 3. The average molecular weight is 960 g/mol. The van der Waals surface area contributed by atoms with Gasteiger partial charge < -0.3 is 14.2 Å². The summed E-state index contributed by atoms with van der Waals surface area (Å²) in [6.45, 7) is 6.43. The predicted molar refractivity (Wildman–Crippen MR) is 297 cm³/mol. The largest absolute Gasteiger partial charge is 0.462 e. The van der Waals surface area contributed by atoms with Crippen molar-refractivity contribution in [3.05, 3.63) is 97.2 Å². The molecule has 0 spiro atoms. The Morgan fingerprint density at radius 2 is 0.638 bits per heavy atom. The first kappa shape index (κ1) is 65.3. The summed E-state index contributed by atoms with van der Waals surface area (Å²) < 4.78 is 16.8. The zero-order chi connectivity index (χ0) is 50.0. The van der Waals surface area contributed by atoms with Crippen molar-refractivity contribution >= 4 is 17.9 Å². The summed E-state index contributed by atoms with van der Waals surface area (Å²) in [6, 6.07) is 0. The van der Waals surface area contributed by atoms with Crippen LogP contribution in [0.1, 0.15) is 265 Å². The molecule has 1 unspecified atom stereocenters. The number of ether oxygens (including phenoxy) is 3. The van der Waals surface area contributed by atoms with E-state index < -0.39 is 6.10 Å². The topological polar surface area (TPSA) is 78.9 Å². The Balaban J connectivity index is 4.49. The number of hydrogen-bond acceptors (Lipinski definition) is 6. The van der Waals surface area contributed by atoms with Gasteiger partial charge in [-0.05, 0) is 70.6 Å². The van der Waals surface area contributed by atoms with E-state index in [1.807, 2.05) is 48.6 Å². The van der Waals surface area contributed by atoms with Crippen LogP contribution in [0.3, 0.4) is 0 Å². The number of carbonyl (C=O) groups excluding carboxylic acids is 3. The van der Waals surface area contributed by atoms with Crippen molar-refractivity contribution in [3.63, 3.8) is 0 Å². The van der Waals surface area contributed by atoms with E-state index in [4.69, 9.17) is 14.2 Å². The fourth-order valence-electron chi connectivity index (χ4n) is 7.89. The fraction of sp³-hybridized carbons (Fsp3) is 0.698. The molecular weight excluding hydrogens is 853 g/mol. The minimum absolute atomic E-state index is 0.110. The standard InChI is InChI=1S/C63H106O6/c1-4-7-10-13-16-19-22-25-28-30-31-33-35-38-41-44-47-50-53-56-62(65)68-59-60(58-67-61(64)55-52-49-46-43-40-37-34-27-24-21-18-15-12-9-6-3)69-63(66)57-54-51-48-45-42-39-36-32-29-26-23-20-17-14-11-8-5-2/h9,12,15,18,21,24,26-27,29,34,36-37,39-40,45,48,60H,4-8,10-11,13-14,16-17,19-20,22-23,25,28,30-33,35,38,41-44,46-47,49-59H2,1-3H3/b12-9-,18-15-,24-21-,29-26-,34-27-,39-36-,40-37-,48-45-. The normalized spacial score (nSPS) is 12.8. The Labute approximate surface area is 426 Å². The van der Waals surface area contributed by atoms with Crippen LogP contribution in [0.5, 0.6) is 0 Å². The third-order valence-corrected chi connectivity index (χ3v) is 12.2. The molecule has 0 fully saturated rings. The molecule has 6 nitrogen and oxygen atoms in total. The van der Waals surface area contributed by atoms with Crippen LogP contribution >= 0.6 is 0 Å². The van der Waals surface area contributed by atoms with Gasteiger partial charge in [0.1, 0.15) is 13.2 Å². The Kier molecular flexibility index (Phi) is 53.9. The summed E-state index contributed by atoms with van der Waals surface area (Å²) in [4.78, 5) is 38.1. The number of carbonyl (C=O) groups is 3. The molecule has 0 saturated carbocycles. The maximum Gasteiger partial charge on any atom is 0.306 e. The molecule has 0 aliphatic carbocycles. The van der Waals surface area contributed by atoms with Gasteiger partial charge in [-0.2, -0.15) is 0 Å². The lowest BCUT2D eigenvalue weighted by atomic mass is 10.0. The second kappa shape index (κ2) is 56.9. The Hall–Kier alpha value is -3.67. The van der Waals surface area contributed by atoms with Crippen LogP contribution in [0.4, 0.5) is 0 Å². The molecule has 69 heavy (non-hydrogen) atoms. The summed E-state index contributed by atoms with van der Waals surface area (Å²) in [7, 11) is 0. The van der Waals surface area contributed by atoms with Crippen molar-refractivity contribution in [2.45, 2.75) is 271 Å². The van der Waals surface area contributed by atoms with Crippen LogP contribution in [-0.2, 0) is 28.6 Å². The van der Waals surface area contributed by atoms with Crippen LogP contribution in [-0.4, -0.2) is 37.2 Å². The van der Waals surface area contributed by atoms with Crippen LogP contribution in [0.2, 0.25) is 0 Å². The van der Waals surface area contributed by atoms with E-state index in [1.165, 1.54) is 148 Å². The van der Waals surface area contributed by atoms with Gasteiger partial charge >= 0.3 is 17.9 Å². The fourth-order valence-corrected chi connectivity index (χ4v) is 7.89. The van der Waals surface area contributed by atoms with E-state index in [0.29, 0.717) is 19.3 Å². The quantitative estimate of drug-likeness (QED) is 0.0199. The van der Waals surface area contributed by atoms with Crippen molar-refractivity contribution < 1.29 is 28.6 Å². The summed E-state index contributed by atoms with van der Waals surface area (Å²) in [5, 5.41) is 0. The maximum absolute atomic E-state index is 12.8. The third kappa shape index (κ3) is 55.1. The Bertz CT molecular complexity index is 1380.